The van der Waals surface area contributed by atoms with Crippen molar-refractivity contribution in [1.82, 2.24) is 15.0 Å². The molecular weight excluding hydrogens is 306 g/mol. The van der Waals surface area contributed by atoms with Gasteiger partial charge in [0.25, 0.3) is 5.91 Å². The van der Waals surface area contributed by atoms with E-state index in [1.165, 1.54) is 12.8 Å². The van der Waals surface area contributed by atoms with Crippen molar-refractivity contribution >= 4 is 5.91 Å². The van der Waals surface area contributed by atoms with Crippen LogP contribution in [0, 0.1) is 19.8 Å². The third-order valence-electron chi connectivity index (χ3n) is 4.97. The van der Waals surface area contributed by atoms with Gasteiger partial charge in [-0.15, -0.1) is 0 Å². The summed E-state index contributed by atoms with van der Waals surface area (Å²) in [4.78, 5) is 19.2. The molecule has 0 radical (unpaired) electrons. The maximum Gasteiger partial charge on any atom is 0.257 e. The first kappa shape index (κ1) is 15.4. The molecule has 1 saturated heterocycles. The van der Waals surface area contributed by atoms with E-state index in [0.29, 0.717) is 29.1 Å². The zero-order valence-electron chi connectivity index (χ0n) is 14.2. The van der Waals surface area contributed by atoms with Crippen molar-refractivity contribution in [1.29, 1.82) is 0 Å². The molecule has 0 spiro atoms. The Hall–Kier alpha value is -2.11. The van der Waals surface area contributed by atoms with Crippen LogP contribution < -0.4 is 0 Å². The molecule has 0 N–H and O–H groups in total. The minimum absolute atomic E-state index is 0.0678. The number of aromatic nitrogens is 2. The highest BCUT2D eigenvalue weighted by Crippen LogP contribution is 2.38. The lowest BCUT2D eigenvalue weighted by molar-refractivity contribution is 0.0666. The van der Waals surface area contributed by atoms with Crippen LogP contribution in [-0.4, -0.2) is 34.0 Å². The second kappa shape index (κ2) is 6.07. The zero-order chi connectivity index (χ0) is 16.7. The fourth-order valence-corrected chi connectivity index (χ4v) is 3.53. The van der Waals surface area contributed by atoms with Crippen LogP contribution in [-0.2, 0) is 6.42 Å². The SMILES string of the molecule is Cc1cc(C(=O)N2CCC[C@@H](Cc3nc(C4CC4)no3)C2)c(C)o1. The van der Waals surface area contributed by atoms with Gasteiger partial charge in [-0.3, -0.25) is 4.79 Å². The normalized spacial score (nSPS) is 21.2. The molecule has 6 nitrogen and oxygen atoms in total. The number of furan rings is 1. The molecule has 0 bridgehead atoms. The first-order chi connectivity index (χ1) is 11.6. The first-order valence-electron chi connectivity index (χ1n) is 8.79. The van der Waals surface area contributed by atoms with Gasteiger partial charge in [-0.2, -0.15) is 4.98 Å². The third-order valence-corrected chi connectivity index (χ3v) is 4.97. The Morgan fingerprint density at radius 1 is 1.33 bits per heavy atom. The largest absolute Gasteiger partial charge is 0.466 e. The van der Waals surface area contributed by atoms with Crippen LogP contribution in [0.4, 0.5) is 0 Å². The molecule has 1 atom stereocenters. The molecule has 6 heteroatoms. The van der Waals surface area contributed by atoms with Crippen LogP contribution >= 0.6 is 0 Å². The minimum atomic E-state index is 0.0678. The molecule has 1 amide bonds. The summed E-state index contributed by atoms with van der Waals surface area (Å²) in [5.74, 6) is 4.01. The van der Waals surface area contributed by atoms with Crippen LogP contribution in [0.1, 0.15) is 65.2 Å². The van der Waals surface area contributed by atoms with Gasteiger partial charge in [-0.05, 0) is 51.5 Å². The van der Waals surface area contributed by atoms with E-state index in [1.54, 1.807) is 0 Å². The van der Waals surface area contributed by atoms with E-state index in [9.17, 15) is 4.79 Å². The molecule has 2 aromatic rings. The van der Waals surface area contributed by atoms with E-state index in [-0.39, 0.29) is 5.91 Å². The predicted molar refractivity (Wildman–Crippen MR) is 86.8 cm³/mol. The van der Waals surface area contributed by atoms with Crippen LogP contribution in [0.25, 0.3) is 0 Å². The van der Waals surface area contributed by atoms with Crippen molar-refractivity contribution in [2.45, 2.75) is 51.9 Å². The topological polar surface area (TPSA) is 72.4 Å². The van der Waals surface area contributed by atoms with Gasteiger partial charge in [-0.1, -0.05) is 5.16 Å². The fourth-order valence-electron chi connectivity index (χ4n) is 3.53. The fraction of sp³-hybridized carbons (Fsp3) is 0.611. The monoisotopic (exact) mass is 329 g/mol. The number of rotatable bonds is 4. The Morgan fingerprint density at radius 3 is 2.88 bits per heavy atom. The van der Waals surface area contributed by atoms with Crippen LogP contribution in [0.3, 0.4) is 0 Å². The minimum Gasteiger partial charge on any atom is -0.466 e. The van der Waals surface area contributed by atoms with Gasteiger partial charge in [0.1, 0.15) is 11.5 Å². The molecule has 3 heterocycles. The third kappa shape index (κ3) is 3.09. The molecule has 2 aromatic heterocycles. The molecule has 1 aliphatic heterocycles. The maximum atomic E-state index is 12.7. The Bertz CT molecular complexity index is 745. The average Bonchev–Trinajstić information content (AvgIpc) is 3.22. The van der Waals surface area contributed by atoms with E-state index in [1.807, 2.05) is 24.8 Å². The summed E-state index contributed by atoms with van der Waals surface area (Å²) < 4.78 is 10.9. The van der Waals surface area contributed by atoms with Crippen molar-refractivity contribution in [3.8, 4) is 0 Å². The number of hydrogen-bond acceptors (Lipinski definition) is 5. The summed E-state index contributed by atoms with van der Waals surface area (Å²) in [5, 5.41) is 4.08. The van der Waals surface area contributed by atoms with Crippen molar-refractivity contribution in [2.75, 3.05) is 13.1 Å². The number of piperidine rings is 1. The van der Waals surface area contributed by atoms with Crippen molar-refractivity contribution < 1.29 is 13.7 Å². The van der Waals surface area contributed by atoms with E-state index < -0.39 is 0 Å². The Labute approximate surface area is 141 Å². The first-order valence-corrected chi connectivity index (χ1v) is 8.79. The lowest BCUT2D eigenvalue weighted by Gasteiger charge is -2.32. The molecular formula is C18H23N3O3. The summed E-state index contributed by atoms with van der Waals surface area (Å²) in [7, 11) is 0. The molecule has 1 saturated carbocycles. The van der Waals surface area contributed by atoms with E-state index in [4.69, 9.17) is 8.94 Å². The van der Waals surface area contributed by atoms with E-state index in [2.05, 4.69) is 10.1 Å². The van der Waals surface area contributed by atoms with E-state index >= 15 is 0 Å². The second-order valence-electron chi connectivity index (χ2n) is 7.11. The smallest absolute Gasteiger partial charge is 0.257 e. The number of amides is 1. The molecule has 0 aromatic carbocycles. The lowest BCUT2D eigenvalue weighted by Crippen LogP contribution is -2.40. The number of carbonyl (C=O) groups is 1. The molecule has 0 unspecified atom stereocenters. The predicted octanol–water partition coefficient (Wildman–Crippen LogP) is 3.25. The highest BCUT2D eigenvalue weighted by atomic mass is 16.5. The number of nitrogens with zero attached hydrogens (tertiary/aromatic N) is 3. The van der Waals surface area contributed by atoms with Crippen LogP contribution in [0.2, 0.25) is 0 Å². The van der Waals surface area contributed by atoms with Gasteiger partial charge in [0, 0.05) is 25.4 Å². The van der Waals surface area contributed by atoms with Gasteiger partial charge < -0.3 is 13.8 Å². The Morgan fingerprint density at radius 2 is 2.17 bits per heavy atom. The highest BCUT2D eigenvalue weighted by molar-refractivity contribution is 5.95. The Kier molecular flexibility index (Phi) is 3.90. The molecule has 4 rings (SSSR count). The molecule has 128 valence electrons. The molecule has 1 aliphatic carbocycles. The van der Waals surface area contributed by atoms with Crippen molar-refractivity contribution in [3.05, 3.63) is 34.9 Å². The van der Waals surface area contributed by atoms with Gasteiger partial charge >= 0.3 is 0 Å². The molecule has 2 aliphatic rings. The standard InChI is InChI=1S/C18H23N3O3/c1-11-8-15(12(2)23-11)18(22)21-7-3-4-13(10-21)9-16-19-17(20-24-16)14-5-6-14/h8,13-14H,3-7,9-10H2,1-2H3/t13-/m0/s1. The summed E-state index contributed by atoms with van der Waals surface area (Å²) in [6, 6.07) is 1.83. The summed E-state index contributed by atoms with van der Waals surface area (Å²) >= 11 is 0. The summed E-state index contributed by atoms with van der Waals surface area (Å²) in [6.45, 7) is 5.26. The Balaban J connectivity index is 1.41. The zero-order valence-corrected chi connectivity index (χ0v) is 14.2. The molecule has 2 fully saturated rings. The highest BCUT2D eigenvalue weighted by Gasteiger charge is 2.31. The molecule has 24 heavy (non-hydrogen) atoms. The maximum absolute atomic E-state index is 12.7. The van der Waals surface area contributed by atoms with Gasteiger partial charge in [0.15, 0.2) is 5.82 Å². The van der Waals surface area contributed by atoms with Crippen LogP contribution in [0.15, 0.2) is 15.0 Å². The summed E-state index contributed by atoms with van der Waals surface area (Å²) in [6.07, 6.45) is 5.21. The van der Waals surface area contributed by atoms with Gasteiger partial charge in [-0.25, -0.2) is 0 Å². The lowest BCUT2D eigenvalue weighted by atomic mass is 9.94. The number of aryl methyl sites for hydroxylation is 2. The van der Waals surface area contributed by atoms with Crippen LogP contribution in [0.5, 0.6) is 0 Å². The summed E-state index contributed by atoms with van der Waals surface area (Å²) in [5.41, 5.74) is 0.682. The number of likely N-dealkylation sites (tertiary alicyclic amines) is 1. The van der Waals surface area contributed by atoms with Gasteiger partial charge in [0.2, 0.25) is 5.89 Å². The quantitative estimate of drug-likeness (QED) is 0.861. The number of hydrogen-bond donors (Lipinski definition) is 0. The second-order valence-corrected chi connectivity index (χ2v) is 7.11. The number of carbonyl (C=O) groups excluding carboxylic acids is 1. The van der Waals surface area contributed by atoms with Crippen molar-refractivity contribution in [3.63, 3.8) is 0 Å². The van der Waals surface area contributed by atoms with E-state index in [0.717, 1.165) is 43.9 Å². The van der Waals surface area contributed by atoms with Gasteiger partial charge in [0.05, 0.1) is 5.56 Å². The average molecular weight is 329 g/mol. The van der Waals surface area contributed by atoms with Crippen molar-refractivity contribution in [2.24, 2.45) is 5.92 Å².